The average molecular weight is 611 g/mol. The Balaban J connectivity index is -0.0000000769. The number of phosphoric acid groups is 1. The monoisotopic (exact) mass is 610 g/mol. The molecule has 1 N–H and O–H groups in total. The number of aliphatic hydroxyl groups is 1. The Hall–Kier alpha value is -0.240. The molecule has 0 aliphatic rings. The van der Waals surface area contributed by atoms with E-state index in [0.29, 0.717) is 6.42 Å². The van der Waals surface area contributed by atoms with Crippen molar-refractivity contribution in [2.24, 2.45) is 0 Å². The second-order valence-electron chi connectivity index (χ2n) is 7.28. The molecule has 0 fully saturated rings. The topological polar surface area (TPSA) is 145 Å². The molecule has 0 spiro atoms. The van der Waals surface area contributed by atoms with Crippen molar-refractivity contribution < 1.29 is 109 Å². The number of thioether (sulfide) groups is 1. The summed E-state index contributed by atoms with van der Waals surface area (Å²) in [5.41, 5.74) is 0. The molecule has 0 aromatic carbocycles. The van der Waals surface area contributed by atoms with E-state index in [1.54, 1.807) is 6.92 Å². The van der Waals surface area contributed by atoms with Crippen LogP contribution in [-0.2, 0) is 28.2 Å². The molecule has 0 heterocycles. The van der Waals surface area contributed by atoms with Gasteiger partial charge >= 0.3 is 65.1 Å². The van der Waals surface area contributed by atoms with Crippen LogP contribution in [0.1, 0.15) is 85.7 Å². The van der Waals surface area contributed by atoms with Crippen LogP contribution in [0.4, 0.5) is 0 Å². The van der Waals surface area contributed by atoms with Crippen LogP contribution in [0.15, 0.2) is 0 Å². The molecular formula is C26H45Na2O9PS. The second kappa shape index (κ2) is 34.0. The summed E-state index contributed by atoms with van der Waals surface area (Å²) in [6.45, 7) is 3.84. The van der Waals surface area contributed by atoms with Crippen molar-refractivity contribution in [2.75, 3.05) is 20.0 Å². The Morgan fingerprint density at radius 2 is 1.46 bits per heavy atom. The smallest absolute Gasteiger partial charge is 0.790 e. The van der Waals surface area contributed by atoms with Crippen molar-refractivity contribution in [3.05, 3.63) is 0 Å². The van der Waals surface area contributed by atoms with Gasteiger partial charge in [-0.2, -0.15) is 0 Å². The molecular weight excluding hydrogens is 565 g/mol. The second-order valence-corrected chi connectivity index (χ2v) is 9.41. The molecule has 0 radical (unpaired) electrons. The fourth-order valence-corrected chi connectivity index (χ4v) is 3.03. The van der Waals surface area contributed by atoms with Crippen molar-refractivity contribution in [2.45, 2.75) is 84.7 Å². The van der Waals surface area contributed by atoms with E-state index in [0.717, 1.165) is 31.0 Å². The third-order valence-electron chi connectivity index (χ3n) is 4.03. The zero-order valence-electron chi connectivity index (χ0n) is 23.6. The molecule has 0 amide bonds. The predicted molar refractivity (Wildman–Crippen MR) is 149 cm³/mol. The van der Waals surface area contributed by atoms with E-state index in [1.165, 1.54) is 32.6 Å². The van der Waals surface area contributed by atoms with Gasteiger partial charge < -0.3 is 33.5 Å². The Kier molecular flexibility index (Phi) is 39.8. The molecule has 1 atom stereocenters. The quantitative estimate of drug-likeness (QED) is 0.0508. The summed E-state index contributed by atoms with van der Waals surface area (Å²) in [5.74, 6) is 17.1. The summed E-state index contributed by atoms with van der Waals surface area (Å²) >= 11 is 0.921. The van der Waals surface area contributed by atoms with Gasteiger partial charge in [0.05, 0.1) is 21.0 Å². The van der Waals surface area contributed by atoms with Gasteiger partial charge in [-0.25, -0.2) is 0 Å². The van der Waals surface area contributed by atoms with Gasteiger partial charge in [0.25, 0.3) is 0 Å². The normalized spacial score (nSPS) is 9.79. The van der Waals surface area contributed by atoms with E-state index < -0.39 is 33.3 Å². The molecule has 0 bridgehead atoms. The zero-order valence-corrected chi connectivity index (χ0v) is 29.3. The Bertz CT molecular complexity index is 964. The zero-order chi connectivity index (χ0) is 28.2. The summed E-state index contributed by atoms with van der Waals surface area (Å²) in [6, 6.07) is 0. The first kappa shape index (κ1) is 45.7. The number of unbranched alkanes of at least 4 members (excludes halogenated alkanes) is 7. The maximum Gasteiger partial charge on any atom is 1.00 e. The fraction of sp³-hybridized carbons (Fsp3) is 0.615. The maximum absolute atomic E-state index is 11.7. The number of carbonyl (C=O) groups excluding carboxylic acids is 2. The van der Waals surface area contributed by atoms with E-state index >= 15 is 0 Å². The van der Waals surface area contributed by atoms with Gasteiger partial charge in [0.15, 0.2) is 5.12 Å². The third-order valence-corrected chi connectivity index (χ3v) is 4.99. The minimum absolute atomic E-state index is 0. The van der Waals surface area contributed by atoms with Crippen LogP contribution in [0, 0.1) is 46.7 Å². The minimum Gasteiger partial charge on any atom is -0.790 e. The largest absolute Gasteiger partial charge is 1.00 e. The summed E-state index contributed by atoms with van der Waals surface area (Å²) in [4.78, 5) is 43.0. The van der Waals surface area contributed by atoms with Crippen LogP contribution in [-0.4, -0.2) is 42.3 Å². The number of aliphatic hydroxyl groups excluding tert-OH is 1. The van der Waals surface area contributed by atoms with Crippen LogP contribution in [0.3, 0.4) is 0 Å². The van der Waals surface area contributed by atoms with E-state index in [2.05, 4.69) is 62.9 Å². The molecule has 13 heteroatoms. The molecule has 0 aromatic heterocycles. The van der Waals surface area contributed by atoms with Gasteiger partial charge in [0.2, 0.25) is 0 Å². The van der Waals surface area contributed by atoms with Gasteiger partial charge in [-0.15, -0.1) is 0 Å². The molecule has 0 aromatic rings. The number of hydrogen-bond acceptors (Lipinski definition) is 10. The molecule has 9 nitrogen and oxygen atoms in total. The Labute approximate surface area is 289 Å². The first-order chi connectivity index (χ1) is 17.7. The number of esters is 1. The van der Waals surface area contributed by atoms with E-state index in [4.69, 9.17) is 9.84 Å². The third kappa shape index (κ3) is 42.4. The molecule has 216 valence electrons. The molecule has 0 aliphatic carbocycles. The van der Waals surface area contributed by atoms with Crippen LogP contribution in [0.25, 0.3) is 0 Å². The summed E-state index contributed by atoms with van der Waals surface area (Å²) in [5, 5.41) is 11.0. The van der Waals surface area contributed by atoms with Gasteiger partial charge in [0, 0.05) is 32.2 Å². The fourth-order valence-electron chi connectivity index (χ4n) is 2.43. The molecule has 0 rings (SSSR count). The van der Waals surface area contributed by atoms with Crippen LogP contribution < -0.4 is 68.9 Å². The summed E-state index contributed by atoms with van der Waals surface area (Å²) < 4.78 is 24.2. The number of rotatable bonds is 16. The van der Waals surface area contributed by atoms with Crippen molar-refractivity contribution in [1.29, 1.82) is 0 Å². The molecule has 0 saturated heterocycles. The minimum atomic E-state index is -5.15. The summed E-state index contributed by atoms with van der Waals surface area (Å²) in [6.07, 6.45) is 7.90. The van der Waals surface area contributed by atoms with Crippen molar-refractivity contribution in [3.63, 3.8) is 0 Å². The number of phosphoric ester groups is 1. The van der Waals surface area contributed by atoms with E-state index in [9.17, 15) is 23.9 Å². The van der Waals surface area contributed by atoms with Crippen LogP contribution in [0.5, 0.6) is 0 Å². The standard InChI is InChI=1S/C15H31O8P.C11H6OS.2Na.5H2/c1-2-3-4-5-6-7-8-9-10-15(17)23-14(11-21-13-16)12-22-24(18,19)20;1-3-4-5-6-7-8-9-10-13-11(2)12;;;;;;;/h14,16H,2-13H2,1H3,(H2,18,19,20);1-2H3;;;5*1H/q;;2*+1;;;;;/p-2/t14-;;;;;;;;/m0......../s1. The SMILES string of the molecule is CC#CC#CC#CC#CSC(C)=O.CCCCCCCCCCC(=O)O[C@@H](COCO)COP(=O)([O-])[O-].[HH].[HH].[HH].[HH].[HH].[Na+].[Na+]. The van der Waals surface area contributed by atoms with Crippen molar-refractivity contribution in [3.8, 4) is 46.7 Å². The maximum atomic E-state index is 11.7. The van der Waals surface area contributed by atoms with Crippen molar-refractivity contribution in [1.82, 2.24) is 0 Å². The predicted octanol–water partition coefficient (Wildman–Crippen LogP) is -2.26. The van der Waals surface area contributed by atoms with Crippen molar-refractivity contribution >= 4 is 30.7 Å². The first-order valence-electron chi connectivity index (χ1n) is 11.8. The molecule has 0 saturated carbocycles. The van der Waals surface area contributed by atoms with E-state index in [1.807, 2.05) is 0 Å². The van der Waals surface area contributed by atoms with Crippen LogP contribution in [0.2, 0.25) is 0 Å². The molecule has 0 aliphatic heterocycles. The van der Waals surface area contributed by atoms with Gasteiger partial charge in [-0.3, -0.25) is 9.59 Å². The Morgan fingerprint density at radius 1 is 0.923 bits per heavy atom. The number of carbonyl (C=O) groups is 2. The van der Waals surface area contributed by atoms with E-state index in [-0.39, 0.29) is 84.4 Å². The van der Waals surface area contributed by atoms with Gasteiger partial charge in [-0.05, 0) is 54.1 Å². The molecule has 0 unspecified atom stereocenters. The summed E-state index contributed by atoms with van der Waals surface area (Å²) in [7, 11) is -5.15. The van der Waals surface area contributed by atoms with Gasteiger partial charge in [-0.1, -0.05) is 57.8 Å². The van der Waals surface area contributed by atoms with Gasteiger partial charge in [0.1, 0.15) is 12.9 Å². The average Bonchev–Trinajstić information content (AvgIpc) is 2.84. The number of hydrogen-bond donors (Lipinski definition) is 1. The van der Waals surface area contributed by atoms with Crippen LogP contribution >= 0.6 is 19.6 Å². The Morgan fingerprint density at radius 3 is 1.97 bits per heavy atom. The molecule has 39 heavy (non-hydrogen) atoms. The number of ether oxygens (including phenoxy) is 2. The first-order valence-corrected chi connectivity index (χ1v) is 14.1.